The van der Waals surface area contributed by atoms with Crippen molar-refractivity contribution in [3.63, 3.8) is 0 Å². The first-order valence-corrected chi connectivity index (χ1v) is 11.5. The number of pyridine rings is 1. The number of carbonyl (C=O) groups excluding carboxylic acids is 1. The normalized spacial score (nSPS) is 23.3. The van der Waals surface area contributed by atoms with E-state index in [1.165, 1.54) is 17.3 Å². The maximum Gasteiger partial charge on any atom is 0.250 e. The number of benzene rings is 1. The third-order valence-electron chi connectivity index (χ3n) is 6.26. The molecular formula is C21H23N3O5S. The molecule has 1 aromatic heterocycles. The summed E-state index contributed by atoms with van der Waals surface area (Å²) in [4.78, 5) is 25.9. The smallest absolute Gasteiger partial charge is 0.250 e. The van der Waals surface area contributed by atoms with Crippen molar-refractivity contribution in [2.24, 2.45) is 5.92 Å². The van der Waals surface area contributed by atoms with Crippen LogP contribution in [0, 0.1) is 5.92 Å². The molecule has 3 aliphatic rings. The van der Waals surface area contributed by atoms with Gasteiger partial charge in [-0.3, -0.25) is 9.59 Å². The SMILES string of the molecule is CC(=O)N1CCOc2ccc(S(=O)(=O)N3C[C@@H]4C[C@@H](C3)c3cccc(=O)n3C4)cc21. The van der Waals surface area contributed by atoms with E-state index in [2.05, 4.69) is 0 Å². The van der Waals surface area contributed by atoms with E-state index in [0.29, 0.717) is 44.2 Å². The molecule has 3 aliphatic heterocycles. The zero-order chi connectivity index (χ0) is 21.0. The van der Waals surface area contributed by atoms with Crippen LogP contribution in [0.1, 0.15) is 25.0 Å². The first-order chi connectivity index (χ1) is 14.3. The van der Waals surface area contributed by atoms with Crippen molar-refractivity contribution >= 4 is 21.6 Å². The van der Waals surface area contributed by atoms with Crippen LogP contribution in [-0.4, -0.2) is 49.4 Å². The molecule has 0 saturated carbocycles. The summed E-state index contributed by atoms with van der Waals surface area (Å²) in [5.74, 6) is 0.458. The predicted molar refractivity (Wildman–Crippen MR) is 110 cm³/mol. The summed E-state index contributed by atoms with van der Waals surface area (Å²) in [6.45, 7) is 3.49. The maximum atomic E-state index is 13.5. The minimum atomic E-state index is -3.75. The molecule has 0 spiro atoms. The lowest BCUT2D eigenvalue weighted by atomic mass is 9.84. The number of hydrogen-bond acceptors (Lipinski definition) is 5. The molecule has 0 aliphatic carbocycles. The zero-order valence-corrected chi connectivity index (χ0v) is 17.5. The number of piperidine rings is 1. The van der Waals surface area contributed by atoms with Crippen molar-refractivity contribution in [1.29, 1.82) is 0 Å². The Morgan fingerprint density at radius 3 is 2.77 bits per heavy atom. The Morgan fingerprint density at radius 2 is 1.97 bits per heavy atom. The molecule has 2 bridgehead atoms. The van der Waals surface area contributed by atoms with Crippen LogP contribution < -0.4 is 15.2 Å². The number of amides is 1. The highest BCUT2D eigenvalue weighted by molar-refractivity contribution is 7.89. The molecule has 1 saturated heterocycles. The third kappa shape index (κ3) is 3.04. The Hall–Kier alpha value is -2.65. The average molecular weight is 429 g/mol. The summed E-state index contributed by atoms with van der Waals surface area (Å²) in [5, 5.41) is 0. The van der Waals surface area contributed by atoms with Gasteiger partial charge < -0.3 is 14.2 Å². The van der Waals surface area contributed by atoms with Crippen LogP contribution in [0.2, 0.25) is 0 Å². The standard InChI is InChI=1S/C21H23N3O5S/c1-14(25)23-7-8-29-20-6-5-17(10-19(20)23)30(27,28)22-11-15-9-16(13-22)18-3-2-4-21(26)24(18)12-15/h2-6,10,15-16H,7-9,11-13H2,1H3/t15-,16-/m0/s1. The fourth-order valence-corrected chi connectivity index (χ4v) is 6.46. The van der Waals surface area contributed by atoms with Gasteiger partial charge in [0.25, 0.3) is 5.56 Å². The molecule has 4 heterocycles. The first-order valence-electron chi connectivity index (χ1n) is 10.1. The number of anilines is 1. The molecule has 8 nitrogen and oxygen atoms in total. The van der Waals surface area contributed by atoms with Crippen molar-refractivity contribution in [3.8, 4) is 5.75 Å². The number of nitrogens with zero attached hydrogens (tertiary/aromatic N) is 3. The Balaban J connectivity index is 1.49. The lowest BCUT2D eigenvalue weighted by molar-refractivity contribution is -0.116. The van der Waals surface area contributed by atoms with Gasteiger partial charge in [-0.1, -0.05) is 6.07 Å². The highest BCUT2D eigenvalue weighted by Crippen LogP contribution is 2.39. The van der Waals surface area contributed by atoms with Gasteiger partial charge in [0.05, 0.1) is 17.1 Å². The molecule has 5 rings (SSSR count). The Kier molecular flexibility index (Phi) is 4.48. The van der Waals surface area contributed by atoms with Crippen molar-refractivity contribution in [2.45, 2.75) is 30.7 Å². The molecule has 2 aromatic rings. The van der Waals surface area contributed by atoms with Crippen LogP contribution >= 0.6 is 0 Å². The number of sulfonamides is 1. The van der Waals surface area contributed by atoms with Crippen molar-refractivity contribution < 1.29 is 17.9 Å². The van der Waals surface area contributed by atoms with E-state index in [9.17, 15) is 18.0 Å². The van der Waals surface area contributed by atoms with Gasteiger partial charge >= 0.3 is 0 Å². The van der Waals surface area contributed by atoms with Gasteiger partial charge in [-0.05, 0) is 36.6 Å². The van der Waals surface area contributed by atoms with Gasteiger partial charge in [-0.15, -0.1) is 0 Å². The number of hydrogen-bond donors (Lipinski definition) is 0. The molecule has 9 heteroatoms. The van der Waals surface area contributed by atoms with Crippen molar-refractivity contribution in [1.82, 2.24) is 8.87 Å². The summed E-state index contributed by atoms with van der Waals surface area (Å²) in [7, 11) is -3.75. The Labute approximate surface area is 174 Å². The molecular weight excluding hydrogens is 406 g/mol. The quantitative estimate of drug-likeness (QED) is 0.720. The molecule has 0 radical (unpaired) electrons. The molecule has 1 amide bonds. The fraction of sp³-hybridized carbons (Fsp3) is 0.429. The van der Waals surface area contributed by atoms with E-state index < -0.39 is 10.0 Å². The molecule has 30 heavy (non-hydrogen) atoms. The molecule has 2 atom stereocenters. The first kappa shape index (κ1) is 19.3. The van der Waals surface area contributed by atoms with Crippen LogP contribution in [0.3, 0.4) is 0 Å². The van der Waals surface area contributed by atoms with Gasteiger partial charge in [0, 0.05) is 44.2 Å². The van der Waals surface area contributed by atoms with Crippen LogP contribution in [-0.2, 0) is 21.4 Å². The second-order valence-electron chi connectivity index (χ2n) is 8.17. The number of ether oxygens (including phenoxy) is 1. The summed E-state index contributed by atoms with van der Waals surface area (Å²) < 4.78 is 35.8. The van der Waals surface area contributed by atoms with E-state index in [1.807, 2.05) is 6.07 Å². The predicted octanol–water partition coefficient (Wildman–Crippen LogP) is 1.40. The third-order valence-corrected chi connectivity index (χ3v) is 8.09. The highest BCUT2D eigenvalue weighted by Gasteiger charge is 2.40. The van der Waals surface area contributed by atoms with Gasteiger partial charge in [-0.2, -0.15) is 4.31 Å². The molecule has 0 N–H and O–H groups in total. The second-order valence-corrected chi connectivity index (χ2v) is 10.1. The summed E-state index contributed by atoms with van der Waals surface area (Å²) >= 11 is 0. The maximum absolute atomic E-state index is 13.5. The lowest BCUT2D eigenvalue weighted by Crippen LogP contribution is -2.49. The van der Waals surface area contributed by atoms with Gasteiger partial charge in [0.1, 0.15) is 12.4 Å². The van der Waals surface area contributed by atoms with Crippen LogP contribution in [0.15, 0.2) is 46.1 Å². The summed E-state index contributed by atoms with van der Waals surface area (Å²) in [5.41, 5.74) is 1.36. The molecule has 1 aromatic carbocycles. The number of fused-ring (bicyclic) bond motifs is 5. The Morgan fingerprint density at radius 1 is 1.13 bits per heavy atom. The van der Waals surface area contributed by atoms with Crippen LogP contribution in [0.25, 0.3) is 0 Å². The van der Waals surface area contributed by atoms with Crippen LogP contribution in [0.4, 0.5) is 5.69 Å². The largest absolute Gasteiger partial charge is 0.490 e. The van der Waals surface area contributed by atoms with Crippen LogP contribution in [0.5, 0.6) is 5.75 Å². The van der Waals surface area contributed by atoms with E-state index in [4.69, 9.17) is 4.74 Å². The van der Waals surface area contributed by atoms with Gasteiger partial charge in [0.15, 0.2) is 0 Å². The van der Waals surface area contributed by atoms with E-state index in [1.54, 1.807) is 33.7 Å². The Bertz CT molecular complexity index is 1190. The van der Waals surface area contributed by atoms with Crippen molar-refractivity contribution in [2.75, 3.05) is 31.1 Å². The summed E-state index contributed by atoms with van der Waals surface area (Å²) in [6.07, 6.45) is 0.881. The highest BCUT2D eigenvalue weighted by atomic mass is 32.2. The lowest BCUT2D eigenvalue weighted by Gasteiger charge is -2.42. The van der Waals surface area contributed by atoms with Gasteiger partial charge in [0.2, 0.25) is 15.9 Å². The number of rotatable bonds is 2. The fourth-order valence-electron chi connectivity index (χ4n) is 4.88. The zero-order valence-electron chi connectivity index (χ0n) is 16.7. The monoisotopic (exact) mass is 429 g/mol. The minimum Gasteiger partial charge on any atom is -0.490 e. The summed E-state index contributed by atoms with van der Waals surface area (Å²) in [6, 6.07) is 9.90. The van der Waals surface area contributed by atoms with E-state index in [-0.39, 0.29) is 28.2 Å². The molecule has 1 fully saturated rings. The second kappa shape index (κ2) is 6.95. The van der Waals surface area contributed by atoms with Crippen molar-refractivity contribution in [3.05, 3.63) is 52.4 Å². The average Bonchev–Trinajstić information content (AvgIpc) is 2.73. The number of aromatic nitrogens is 1. The minimum absolute atomic E-state index is 0.00384. The number of carbonyl (C=O) groups is 1. The molecule has 158 valence electrons. The van der Waals surface area contributed by atoms with Gasteiger partial charge in [-0.25, -0.2) is 8.42 Å². The van der Waals surface area contributed by atoms with E-state index in [0.717, 1.165) is 12.1 Å². The topological polar surface area (TPSA) is 88.9 Å². The molecule has 0 unspecified atom stereocenters. The van der Waals surface area contributed by atoms with E-state index >= 15 is 0 Å².